The Morgan fingerprint density at radius 1 is 1.29 bits per heavy atom. The minimum absolute atomic E-state index is 0.00533. The van der Waals surface area contributed by atoms with E-state index in [2.05, 4.69) is 5.32 Å². The van der Waals surface area contributed by atoms with Gasteiger partial charge < -0.3 is 5.32 Å². The van der Waals surface area contributed by atoms with Crippen molar-refractivity contribution in [2.45, 2.75) is 13.3 Å². The SMILES string of the molecule is CC(=O)c1ccc(NC(=O)N2CCCO2)cc1. The van der Waals surface area contributed by atoms with Gasteiger partial charge in [-0.05, 0) is 37.6 Å². The van der Waals surface area contributed by atoms with Gasteiger partial charge in [-0.1, -0.05) is 0 Å². The maximum atomic E-state index is 11.7. The number of anilines is 1. The first-order valence-corrected chi connectivity index (χ1v) is 5.49. The fraction of sp³-hybridized carbons (Fsp3) is 0.333. The molecule has 0 spiro atoms. The van der Waals surface area contributed by atoms with E-state index in [4.69, 9.17) is 4.84 Å². The highest BCUT2D eigenvalue weighted by Crippen LogP contribution is 2.12. The molecule has 1 N–H and O–H groups in total. The molecule has 17 heavy (non-hydrogen) atoms. The topological polar surface area (TPSA) is 58.6 Å². The third-order valence-electron chi connectivity index (χ3n) is 2.52. The minimum atomic E-state index is -0.280. The molecule has 1 heterocycles. The summed E-state index contributed by atoms with van der Waals surface area (Å²) in [6.07, 6.45) is 0.858. The molecule has 0 saturated carbocycles. The number of carbonyl (C=O) groups excluding carboxylic acids is 2. The first-order chi connectivity index (χ1) is 8.16. The van der Waals surface area contributed by atoms with E-state index in [-0.39, 0.29) is 11.8 Å². The summed E-state index contributed by atoms with van der Waals surface area (Å²) >= 11 is 0. The predicted molar refractivity (Wildman–Crippen MR) is 62.7 cm³/mol. The quantitative estimate of drug-likeness (QED) is 0.797. The Morgan fingerprint density at radius 3 is 2.53 bits per heavy atom. The number of benzene rings is 1. The maximum absolute atomic E-state index is 11.7. The van der Waals surface area contributed by atoms with E-state index in [1.54, 1.807) is 24.3 Å². The van der Waals surface area contributed by atoms with Gasteiger partial charge in [0.05, 0.1) is 13.2 Å². The summed E-state index contributed by atoms with van der Waals surface area (Å²) in [6, 6.07) is 6.49. The van der Waals surface area contributed by atoms with Gasteiger partial charge in [0.25, 0.3) is 0 Å². The van der Waals surface area contributed by atoms with Crippen molar-refractivity contribution >= 4 is 17.5 Å². The molecule has 1 aromatic carbocycles. The van der Waals surface area contributed by atoms with Gasteiger partial charge in [0.15, 0.2) is 5.78 Å². The van der Waals surface area contributed by atoms with Crippen LogP contribution in [0.2, 0.25) is 0 Å². The molecule has 2 amide bonds. The summed E-state index contributed by atoms with van der Waals surface area (Å²) in [5, 5.41) is 4.01. The molecule has 2 rings (SSSR count). The molecular weight excluding hydrogens is 220 g/mol. The molecule has 90 valence electrons. The number of urea groups is 1. The van der Waals surface area contributed by atoms with Crippen LogP contribution >= 0.6 is 0 Å². The first-order valence-electron chi connectivity index (χ1n) is 5.49. The van der Waals surface area contributed by atoms with Gasteiger partial charge in [-0.25, -0.2) is 9.86 Å². The smallest absolute Gasteiger partial charge is 0.306 e. The minimum Gasteiger partial charge on any atom is -0.306 e. The Hall–Kier alpha value is -1.88. The zero-order valence-electron chi connectivity index (χ0n) is 9.60. The average molecular weight is 234 g/mol. The van der Waals surface area contributed by atoms with Crippen LogP contribution in [0.5, 0.6) is 0 Å². The van der Waals surface area contributed by atoms with Gasteiger partial charge in [0.2, 0.25) is 0 Å². The van der Waals surface area contributed by atoms with E-state index in [1.807, 2.05) is 0 Å². The van der Waals surface area contributed by atoms with E-state index >= 15 is 0 Å². The van der Waals surface area contributed by atoms with Crippen LogP contribution in [0.4, 0.5) is 10.5 Å². The molecule has 1 aliphatic heterocycles. The molecule has 1 aliphatic rings. The van der Waals surface area contributed by atoms with Crippen molar-refractivity contribution < 1.29 is 14.4 Å². The van der Waals surface area contributed by atoms with Crippen LogP contribution in [0, 0.1) is 0 Å². The van der Waals surface area contributed by atoms with Crippen molar-refractivity contribution in [3.05, 3.63) is 29.8 Å². The molecule has 0 unspecified atom stereocenters. The molecule has 5 heteroatoms. The van der Waals surface area contributed by atoms with E-state index in [0.717, 1.165) is 6.42 Å². The fourth-order valence-corrected chi connectivity index (χ4v) is 1.58. The van der Waals surface area contributed by atoms with Crippen LogP contribution in [0.25, 0.3) is 0 Å². The molecule has 0 aliphatic carbocycles. The molecule has 0 bridgehead atoms. The number of carbonyl (C=O) groups is 2. The lowest BCUT2D eigenvalue weighted by Crippen LogP contribution is -2.31. The molecule has 0 aromatic heterocycles. The number of hydrogen-bond donors (Lipinski definition) is 1. The highest BCUT2D eigenvalue weighted by atomic mass is 16.7. The first kappa shape index (κ1) is 11.6. The molecule has 1 fully saturated rings. The highest BCUT2D eigenvalue weighted by molar-refractivity contribution is 5.95. The summed E-state index contributed by atoms with van der Waals surface area (Å²) in [5.41, 5.74) is 1.27. The Labute approximate surface area is 99.3 Å². The van der Waals surface area contributed by atoms with Crippen LogP contribution in [0.15, 0.2) is 24.3 Å². The van der Waals surface area contributed by atoms with E-state index < -0.39 is 0 Å². The second-order valence-corrected chi connectivity index (χ2v) is 3.85. The number of nitrogens with one attached hydrogen (secondary N) is 1. The van der Waals surface area contributed by atoms with E-state index in [0.29, 0.717) is 24.4 Å². The largest absolute Gasteiger partial charge is 0.345 e. The number of Topliss-reactive ketones (excluding diaryl/α,β-unsaturated/α-hetero) is 1. The molecule has 0 atom stereocenters. The Morgan fingerprint density at radius 2 is 2.00 bits per heavy atom. The Kier molecular flexibility index (Phi) is 3.39. The highest BCUT2D eigenvalue weighted by Gasteiger charge is 2.19. The summed E-state index contributed by atoms with van der Waals surface area (Å²) in [6.45, 7) is 2.69. The van der Waals surface area contributed by atoms with Crippen molar-refractivity contribution in [3.8, 4) is 0 Å². The van der Waals surface area contributed by atoms with Gasteiger partial charge >= 0.3 is 6.03 Å². The zero-order valence-corrected chi connectivity index (χ0v) is 9.60. The van der Waals surface area contributed by atoms with Crippen LogP contribution in [-0.4, -0.2) is 30.0 Å². The van der Waals surface area contributed by atoms with Crippen LogP contribution < -0.4 is 5.32 Å². The summed E-state index contributed by atoms with van der Waals surface area (Å²) in [4.78, 5) is 27.8. The van der Waals surface area contributed by atoms with Gasteiger partial charge in [-0.2, -0.15) is 0 Å². The van der Waals surface area contributed by atoms with E-state index in [9.17, 15) is 9.59 Å². The third kappa shape index (κ3) is 2.82. The summed E-state index contributed by atoms with van der Waals surface area (Å²) < 4.78 is 0. The number of rotatable bonds is 2. The average Bonchev–Trinajstić information content (AvgIpc) is 2.83. The Bertz CT molecular complexity index is 422. The van der Waals surface area contributed by atoms with Crippen molar-refractivity contribution in [3.63, 3.8) is 0 Å². The lowest BCUT2D eigenvalue weighted by atomic mass is 10.1. The second kappa shape index (κ2) is 4.97. The fourth-order valence-electron chi connectivity index (χ4n) is 1.58. The van der Waals surface area contributed by atoms with Crippen molar-refractivity contribution in [2.24, 2.45) is 0 Å². The molecule has 0 radical (unpaired) electrons. The summed E-state index contributed by atoms with van der Waals surface area (Å²) in [5.74, 6) is 0.00533. The number of hydroxylamine groups is 2. The molecule has 5 nitrogen and oxygen atoms in total. The van der Waals surface area contributed by atoms with E-state index in [1.165, 1.54) is 12.0 Å². The summed E-state index contributed by atoms with van der Waals surface area (Å²) in [7, 11) is 0. The monoisotopic (exact) mass is 234 g/mol. The van der Waals surface area contributed by atoms with Crippen LogP contribution in [0.3, 0.4) is 0 Å². The van der Waals surface area contributed by atoms with Crippen molar-refractivity contribution in [1.29, 1.82) is 0 Å². The number of hydrogen-bond acceptors (Lipinski definition) is 3. The van der Waals surface area contributed by atoms with Gasteiger partial charge in [-0.15, -0.1) is 0 Å². The lowest BCUT2D eigenvalue weighted by Gasteiger charge is -2.14. The number of ketones is 1. The Balaban J connectivity index is 1.98. The predicted octanol–water partition coefficient (Wildman–Crippen LogP) is 2.06. The molecule has 1 saturated heterocycles. The second-order valence-electron chi connectivity index (χ2n) is 3.85. The van der Waals surface area contributed by atoms with Gasteiger partial charge in [0, 0.05) is 11.3 Å². The number of nitrogens with zero attached hydrogens (tertiary/aromatic N) is 1. The van der Waals surface area contributed by atoms with Gasteiger partial charge in [0.1, 0.15) is 0 Å². The zero-order chi connectivity index (χ0) is 12.3. The van der Waals surface area contributed by atoms with Crippen LogP contribution in [-0.2, 0) is 4.84 Å². The molecular formula is C12H14N2O3. The maximum Gasteiger partial charge on any atom is 0.345 e. The van der Waals surface area contributed by atoms with Crippen molar-refractivity contribution in [1.82, 2.24) is 5.06 Å². The third-order valence-corrected chi connectivity index (χ3v) is 2.52. The van der Waals surface area contributed by atoms with Crippen molar-refractivity contribution in [2.75, 3.05) is 18.5 Å². The standard InChI is InChI=1S/C12H14N2O3/c1-9(15)10-3-5-11(6-4-10)13-12(16)14-7-2-8-17-14/h3-6H,2,7-8H2,1H3,(H,13,16). The number of amides is 2. The van der Waals surface area contributed by atoms with Crippen LogP contribution in [0.1, 0.15) is 23.7 Å². The lowest BCUT2D eigenvalue weighted by molar-refractivity contribution is -0.0614. The molecule has 1 aromatic rings. The normalized spacial score (nSPS) is 14.8. The van der Waals surface area contributed by atoms with Gasteiger partial charge in [-0.3, -0.25) is 9.63 Å².